The molecule has 0 aliphatic heterocycles. The fourth-order valence-electron chi connectivity index (χ4n) is 2.92. The van der Waals surface area contributed by atoms with Gasteiger partial charge in [-0.2, -0.15) is 18.2 Å². The van der Waals surface area contributed by atoms with Gasteiger partial charge in [0.15, 0.2) is 0 Å². The third kappa shape index (κ3) is 6.57. The van der Waals surface area contributed by atoms with Crippen molar-refractivity contribution < 1.29 is 27.1 Å². The Bertz CT molecular complexity index is 1270. The number of hydrogen-bond acceptors (Lipinski definition) is 8. The summed E-state index contributed by atoms with van der Waals surface area (Å²) in [7, 11) is 2.67. The first-order chi connectivity index (χ1) is 16.5. The average molecular weight is 511 g/mol. The first-order valence-electron chi connectivity index (χ1n) is 9.88. The van der Waals surface area contributed by atoms with Crippen LogP contribution in [0.25, 0.3) is 11.1 Å². The fraction of sp³-hybridized carbons (Fsp3) is 0.182. The van der Waals surface area contributed by atoms with Gasteiger partial charge in [-0.3, -0.25) is 0 Å². The summed E-state index contributed by atoms with van der Waals surface area (Å²) < 4.78 is 56.0. The molecule has 0 saturated heterocycles. The molecule has 0 unspecified atom stereocenters. The van der Waals surface area contributed by atoms with Crippen LogP contribution in [0, 0.1) is 5.82 Å². The van der Waals surface area contributed by atoms with Crippen molar-refractivity contribution in [1.29, 1.82) is 0 Å². The molecule has 0 spiro atoms. The summed E-state index contributed by atoms with van der Waals surface area (Å²) >= 11 is 5.81. The number of nitrogens with zero attached hydrogens (tertiary/aromatic N) is 4. The number of anilines is 4. The SMILES string of the molecule is COC(=O)c1cc(-c2cnc(Nc3ccc(F)c(Cl)c3)nc2N(C)/C=C\CC(F)(F)F)cnc1N. The number of rotatable bonds is 7. The summed E-state index contributed by atoms with van der Waals surface area (Å²) in [5.41, 5.74) is 6.84. The van der Waals surface area contributed by atoms with Crippen LogP contribution in [-0.2, 0) is 4.74 Å². The third-order valence-corrected chi connectivity index (χ3v) is 4.88. The lowest BCUT2D eigenvalue weighted by Gasteiger charge is -2.19. The zero-order valence-electron chi connectivity index (χ0n) is 18.4. The molecule has 0 aliphatic rings. The smallest absolute Gasteiger partial charge is 0.392 e. The molecule has 2 heterocycles. The largest absolute Gasteiger partial charge is 0.465 e. The van der Waals surface area contributed by atoms with Crippen LogP contribution in [0.2, 0.25) is 5.02 Å². The number of nitrogens with two attached hydrogens (primary N) is 1. The highest BCUT2D eigenvalue weighted by Gasteiger charge is 2.25. The van der Waals surface area contributed by atoms with Crippen LogP contribution in [0.1, 0.15) is 16.8 Å². The second-order valence-corrected chi connectivity index (χ2v) is 7.56. The van der Waals surface area contributed by atoms with Crippen LogP contribution in [-0.4, -0.2) is 41.3 Å². The summed E-state index contributed by atoms with van der Waals surface area (Å²) in [6.07, 6.45) is -0.643. The molecular weight excluding hydrogens is 492 g/mol. The van der Waals surface area contributed by atoms with E-state index >= 15 is 0 Å². The lowest BCUT2D eigenvalue weighted by Crippen LogP contribution is -2.14. The van der Waals surface area contributed by atoms with Crippen molar-refractivity contribution in [1.82, 2.24) is 15.0 Å². The number of carbonyl (C=O) groups is 1. The third-order valence-electron chi connectivity index (χ3n) is 4.59. The van der Waals surface area contributed by atoms with Crippen molar-refractivity contribution in [3.05, 3.63) is 65.3 Å². The van der Waals surface area contributed by atoms with Gasteiger partial charge in [-0.1, -0.05) is 17.7 Å². The minimum absolute atomic E-state index is 0.00521. The van der Waals surface area contributed by atoms with Crippen LogP contribution >= 0.6 is 11.6 Å². The van der Waals surface area contributed by atoms with Gasteiger partial charge < -0.3 is 20.7 Å². The van der Waals surface area contributed by atoms with Gasteiger partial charge in [-0.25, -0.2) is 19.2 Å². The van der Waals surface area contributed by atoms with Gasteiger partial charge in [0.05, 0.1) is 18.6 Å². The molecule has 0 radical (unpaired) electrons. The Labute approximate surface area is 202 Å². The Kier molecular flexibility index (Phi) is 7.75. The van der Waals surface area contributed by atoms with Gasteiger partial charge >= 0.3 is 12.1 Å². The number of alkyl halides is 3. The standard InChI is InChI=1S/C22H19ClF4N6O2/c1-33(7-3-6-22(25,26)27)19-15(12-8-14(20(34)35-2)18(28)29-10-12)11-30-21(32-19)31-13-4-5-17(24)16(23)9-13/h3-5,7-11H,6H2,1-2H3,(H2,28,29)(H,30,31,32)/b7-3-. The van der Waals surface area contributed by atoms with E-state index in [2.05, 4.69) is 20.3 Å². The van der Waals surface area contributed by atoms with Crippen LogP contribution in [0.15, 0.2) is 48.9 Å². The normalized spacial score (nSPS) is 11.5. The number of nitrogen functional groups attached to an aromatic ring is 1. The molecule has 0 atom stereocenters. The molecule has 184 valence electrons. The van der Waals surface area contributed by atoms with Crippen LogP contribution in [0.3, 0.4) is 0 Å². The maximum Gasteiger partial charge on any atom is 0.392 e. The number of allylic oxidation sites excluding steroid dienone is 1. The number of nitrogens with one attached hydrogen (secondary N) is 1. The minimum Gasteiger partial charge on any atom is -0.465 e. The number of benzene rings is 1. The topological polar surface area (TPSA) is 106 Å². The second kappa shape index (κ2) is 10.6. The highest BCUT2D eigenvalue weighted by molar-refractivity contribution is 6.31. The number of aromatic nitrogens is 3. The highest BCUT2D eigenvalue weighted by atomic mass is 35.5. The predicted octanol–water partition coefficient (Wildman–Crippen LogP) is 5.35. The van der Waals surface area contributed by atoms with Crippen molar-refractivity contribution in [2.75, 3.05) is 30.1 Å². The van der Waals surface area contributed by atoms with Crippen molar-refractivity contribution in [3.63, 3.8) is 0 Å². The maximum atomic E-state index is 13.5. The van der Waals surface area contributed by atoms with Gasteiger partial charge in [0.25, 0.3) is 0 Å². The van der Waals surface area contributed by atoms with Crippen LogP contribution in [0.4, 0.5) is 40.8 Å². The van der Waals surface area contributed by atoms with Crippen molar-refractivity contribution in [2.45, 2.75) is 12.6 Å². The van der Waals surface area contributed by atoms with E-state index in [1.807, 2.05) is 0 Å². The lowest BCUT2D eigenvalue weighted by atomic mass is 10.1. The molecule has 0 saturated carbocycles. The van der Waals surface area contributed by atoms with E-state index < -0.39 is 24.4 Å². The summed E-state index contributed by atoms with van der Waals surface area (Å²) in [5, 5.41) is 2.74. The summed E-state index contributed by atoms with van der Waals surface area (Å²) in [4.78, 5) is 26.0. The fourth-order valence-corrected chi connectivity index (χ4v) is 3.10. The quantitative estimate of drug-likeness (QED) is 0.324. The Morgan fingerprint density at radius 3 is 2.66 bits per heavy atom. The van der Waals surface area contributed by atoms with Gasteiger partial charge in [-0.05, 0) is 24.3 Å². The van der Waals surface area contributed by atoms with Gasteiger partial charge in [0, 0.05) is 42.5 Å². The lowest BCUT2D eigenvalue weighted by molar-refractivity contribution is -0.125. The average Bonchev–Trinajstić information content (AvgIpc) is 2.80. The van der Waals surface area contributed by atoms with Crippen molar-refractivity contribution >= 4 is 40.8 Å². The molecule has 0 aliphatic carbocycles. The van der Waals surface area contributed by atoms with Gasteiger partial charge in [0.2, 0.25) is 5.95 Å². The Balaban J connectivity index is 2.05. The summed E-state index contributed by atoms with van der Waals surface area (Å²) in [5.74, 6) is -1.16. The molecule has 0 amide bonds. The van der Waals surface area contributed by atoms with Crippen molar-refractivity contribution in [2.24, 2.45) is 0 Å². The molecule has 3 N–H and O–H groups in total. The Morgan fingerprint density at radius 2 is 2.00 bits per heavy atom. The summed E-state index contributed by atoms with van der Waals surface area (Å²) in [6.45, 7) is 0. The molecule has 0 fully saturated rings. The van der Waals surface area contributed by atoms with E-state index in [9.17, 15) is 22.4 Å². The number of halogens is 5. The monoisotopic (exact) mass is 510 g/mol. The molecule has 2 aromatic heterocycles. The first-order valence-corrected chi connectivity index (χ1v) is 10.3. The molecule has 13 heteroatoms. The molecule has 1 aromatic carbocycles. The predicted molar refractivity (Wildman–Crippen MR) is 124 cm³/mol. The number of esters is 1. The minimum atomic E-state index is -4.38. The van der Waals surface area contributed by atoms with E-state index in [4.69, 9.17) is 22.1 Å². The maximum absolute atomic E-state index is 13.5. The number of methoxy groups -OCH3 is 1. The molecule has 3 rings (SSSR count). The number of hydrogen-bond donors (Lipinski definition) is 2. The van der Waals surface area contributed by atoms with Gasteiger partial charge in [0.1, 0.15) is 23.0 Å². The Hall–Kier alpha value is -3.93. The molecule has 35 heavy (non-hydrogen) atoms. The van der Waals surface area contributed by atoms with E-state index in [0.717, 1.165) is 12.1 Å². The number of carbonyl (C=O) groups excluding carboxylic acids is 1. The Morgan fingerprint density at radius 1 is 1.26 bits per heavy atom. The zero-order valence-corrected chi connectivity index (χ0v) is 19.2. The summed E-state index contributed by atoms with van der Waals surface area (Å²) in [6, 6.07) is 5.31. The second-order valence-electron chi connectivity index (χ2n) is 7.15. The van der Waals surface area contributed by atoms with E-state index in [0.29, 0.717) is 16.8 Å². The van der Waals surface area contributed by atoms with Crippen molar-refractivity contribution in [3.8, 4) is 11.1 Å². The molecular formula is C22H19ClF4N6O2. The zero-order chi connectivity index (χ0) is 25.8. The van der Waals surface area contributed by atoms with Crippen LogP contribution < -0.4 is 16.0 Å². The van der Waals surface area contributed by atoms with Crippen LogP contribution in [0.5, 0.6) is 0 Å². The first kappa shape index (κ1) is 25.7. The molecule has 0 bridgehead atoms. The van der Waals surface area contributed by atoms with E-state index in [-0.39, 0.29) is 28.2 Å². The molecule has 8 nitrogen and oxygen atoms in total. The number of pyridine rings is 1. The van der Waals surface area contributed by atoms with E-state index in [1.165, 1.54) is 55.9 Å². The highest BCUT2D eigenvalue weighted by Crippen LogP contribution is 2.32. The molecule has 3 aromatic rings. The number of ether oxygens (including phenoxy) is 1. The van der Waals surface area contributed by atoms with E-state index in [1.54, 1.807) is 0 Å². The van der Waals surface area contributed by atoms with Gasteiger partial charge in [-0.15, -0.1) is 0 Å².